The minimum absolute atomic E-state index is 0.183. The van der Waals surface area contributed by atoms with Gasteiger partial charge in [0.15, 0.2) is 0 Å². The van der Waals surface area contributed by atoms with Crippen LogP contribution in [0.4, 0.5) is 0 Å². The number of nitrogens with zero attached hydrogens (tertiary/aromatic N) is 2. The van der Waals surface area contributed by atoms with Gasteiger partial charge in [0.05, 0.1) is 6.54 Å². The van der Waals surface area contributed by atoms with Gasteiger partial charge in [0, 0.05) is 28.3 Å². The number of rotatable bonds is 5. The Morgan fingerprint density at radius 3 is 2.42 bits per heavy atom. The van der Waals surface area contributed by atoms with Gasteiger partial charge in [-0.1, -0.05) is 65.3 Å². The highest BCUT2D eigenvalue weighted by molar-refractivity contribution is 14.1. The van der Waals surface area contributed by atoms with E-state index in [1.807, 2.05) is 0 Å². The molecule has 3 rings (SSSR count). The fourth-order valence-corrected chi connectivity index (χ4v) is 7.17. The van der Waals surface area contributed by atoms with Crippen molar-refractivity contribution in [2.24, 2.45) is 27.7 Å². The molecule has 0 spiro atoms. The average molecular weight is 646 g/mol. The second-order valence-corrected chi connectivity index (χ2v) is 14.2. The first-order valence-corrected chi connectivity index (χ1v) is 14.0. The molecule has 0 saturated carbocycles. The summed E-state index contributed by atoms with van der Waals surface area (Å²) in [6.07, 6.45) is 16.9. The zero-order valence-corrected chi connectivity index (χ0v) is 24.5. The Morgan fingerprint density at radius 2 is 1.77 bits per heavy atom. The first-order chi connectivity index (χ1) is 14.4. The third kappa shape index (κ3) is 7.53. The first kappa shape index (κ1) is 25.7. The molecule has 1 heterocycles. The van der Waals surface area contributed by atoms with Gasteiger partial charge in [0.2, 0.25) is 0 Å². The van der Waals surface area contributed by atoms with E-state index in [2.05, 4.69) is 122 Å². The highest BCUT2D eigenvalue weighted by Gasteiger charge is 2.29. The predicted octanol–water partition coefficient (Wildman–Crippen LogP) is 8.14. The van der Waals surface area contributed by atoms with E-state index < -0.39 is 0 Å². The average Bonchev–Trinajstić information content (AvgIpc) is 3.06. The summed E-state index contributed by atoms with van der Waals surface area (Å²) in [4.78, 5) is 7.72. The number of likely N-dealkylation sites (tertiary alicyclic amines) is 1. The maximum absolute atomic E-state index is 5.02. The summed E-state index contributed by atoms with van der Waals surface area (Å²) in [7, 11) is 0. The van der Waals surface area contributed by atoms with Crippen LogP contribution in [0.25, 0.3) is 0 Å². The molecule has 0 amide bonds. The van der Waals surface area contributed by atoms with Crippen molar-refractivity contribution in [3.8, 4) is 0 Å². The van der Waals surface area contributed by atoms with Crippen molar-refractivity contribution in [1.82, 2.24) is 4.90 Å². The zero-order valence-electron chi connectivity index (χ0n) is 20.2. The Morgan fingerprint density at radius 1 is 1.03 bits per heavy atom. The van der Waals surface area contributed by atoms with E-state index in [-0.39, 0.29) is 10.8 Å². The number of hydrogen-bond donors (Lipinski definition) is 0. The largest absolute Gasteiger partial charge is 0.298 e. The van der Waals surface area contributed by atoms with Crippen molar-refractivity contribution in [3.05, 3.63) is 42.6 Å². The predicted molar refractivity (Wildman–Crippen MR) is 153 cm³/mol. The molecule has 1 saturated heterocycles. The van der Waals surface area contributed by atoms with E-state index in [0.717, 1.165) is 13.0 Å². The maximum atomic E-state index is 5.02. The fourth-order valence-electron chi connectivity index (χ4n) is 4.79. The van der Waals surface area contributed by atoms with Crippen LogP contribution in [0.3, 0.4) is 0 Å². The molecule has 2 aliphatic carbocycles. The van der Waals surface area contributed by atoms with Crippen molar-refractivity contribution < 1.29 is 0 Å². The maximum Gasteiger partial charge on any atom is 0.0541 e. The van der Waals surface area contributed by atoms with E-state index in [1.54, 1.807) is 5.57 Å². The number of hydrogen-bond acceptors (Lipinski definition) is 2. The molecule has 1 aliphatic heterocycles. The molecule has 0 radical (unpaired) electrons. The summed E-state index contributed by atoms with van der Waals surface area (Å²) in [5, 5.41) is 0. The second kappa shape index (κ2) is 10.5. The van der Waals surface area contributed by atoms with Gasteiger partial charge < -0.3 is 0 Å². The Hall–Kier alpha value is 0.0500. The van der Waals surface area contributed by atoms with Crippen LogP contribution in [0, 0.1) is 22.7 Å². The smallest absolute Gasteiger partial charge is 0.0541 e. The van der Waals surface area contributed by atoms with Gasteiger partial charge >= 0.3 is 0 Å². The quantitative estimate of drug-likeness (QED) is 0.218. The minimum Gasteiger partial charge on any atom is -0.298 e. The molecule has 0 N–H and O–H groups in total. The van der Waals surface area contributed by atoms with Gasteiger partial charge in [-0.15, -0.1) is 0 Å². The number of allylic oxidation sites excluding steroid dienone is 7. The van der Waals surface area contributed by atoms with Gasteiger partial charge in [-0.05, 0) is 109 Å². The molecule has 3 unspecified atom stereocenters. The molecular formula is C27H40I2N2. The lowest BCUT2D eigenvalue weighted by Gasteiger charge is -2.33. The minimum atomic E-state index is 0.183. The van der Waals surface area contributed by atoms with Crippen LogP contribution in [0.1, 0.15) is 67.2 Å². The Bertz CT molecular complexity index is 802. The first-order valence-electron chi connectivity index (χ1n) is 11.8. The standard InChI is InChI=1S/C27H40I2N2/c1-26(2,3)21-10-19(11-22(14-21)27(4,5)6)16-30-17-25-8-7-9-31(25)18-20-12-23(28)15-24(29)13-20/h10,12,14-16,19-20,25H,7-9,11,13,17-18H2,1-6H3/b30-16+. The molecule has 172 valence electrons. The summed E-state index contributed by atoms with van der Waals surface area (Å²) in [5.74, 6) is 1.08. The van der Waals surface area contributed by atoms with Gasteiger partial charge in [0.1, 0.15) is 0 Å². The van der Waals surface area contributed by atoms with E-state index in [9.17, 15) is 0 Å². The van der Waals surface area contributed by atoms with Crippen molar-refractivity contribution in [3.63, 3.8) is 0 Å². The van der Waals surface area contributed by atoms with Crippen molar-refractivity contribution >= 4 is 51.4 Å². The highest BCUT2D eigenvalue weighted by atomic mass is 127. The van der Waals surface area contributed by atoms with Crippen LogP contribution in [0.15, 0.2) is 47.6 Å². The lowest BCUT2D eigenvalue weighted by atomic mass is 9.73. The van der Waals surface area contributed by atoms with E-state index in [4.69, 9.17) is 4.99 Å². The third-order valence-electron chi connectivity index (χ3n) is 6.74. The van der Waals surface area contributed by atoms with Gasteiger partial charge in [0.25, 0.3) is 0 Å². The third-order valence-corrected chi connectivity index (χ3v) is 8.16. The molecule has 0 aromatic carbocycles. The van der Waals surface area contributed by atoms with Crippen LogP contribution in [-0.4, -0.2) is 36.8 Å². The summed E-state index contributed by atoms with van der Waals surface area (Å²) in [6.45, 7) is 17.3. The molecule has 0 aromatic rings. The molecule has 4 heteroatoms. The monoisotopic (exact) mass is 646 g/mol. The summed E-state index contributed by atoms with van der Waals surface area (Å²) < 4.78 is 2.89. The van der Waals surface area contributed by atoms with Crippen molar-refractivity contribution in [2.75, 3.05) is 19.6 Å². The van der Waals surface area contributed by atoms with Gasteiger partial charge in [-0.25, -0.2) is 0 Å². The molecule has 1 fully saturated rings. The van der Waals surface area contributed by atoms with Crippen LogP contribution < -0.4 is 0 Å². The lowest BCUT2D eigenvalue weighted by Crippen LogP contribution is -2.36. The molecule has 3 atom stereocenters. The zero-order chi connectivity index (χ0) is 22.8. The van der Waals surface area contributed by atoms with E-state index >= 15 is 0 Å². The Labute approximate surface area is 218 Å². The van der Waals surface area contributed by atoms with E-state index in [0.29, 0.717) is 17.9 Å². The SMILES string of the molecule is CC(C)(C)C1=CC(/C=N/CC2CCCN2CC2C=C(I)C=C(I)C2)CC(C(C)(C)C)=C1. The molecule has 0 bridgehead atoms. The normalized spacial score (nSPS) is 28.5. The van der Waals surface area contributed by atoms with E-state index in [1.165, 1.54) is 45.1 Å². The van der Waals surface area contributed by atoms with Crippen LogP contribution in [0.5, 0.6) is 0 Å². The molecule has 31 heavy (non-hydrogen) atoms. The van der Waals surface area contributed by atoms with Crippen LogP contribution in [-0.2, 0) is 0 Å². The van der Waals surface area contributed by atoms with Crippen molar-refractivity contribution in [1.29, 1.82) is 0 Å². The summed E-state index contributed by atoms with van der Waals surface area (Å²) in [5.41, 5.74) is 3.42. The van der Waals surface area contributed by atoms with Gasteiger partial charge in [-0.3, -0.25) is 9.89 Å². The summed E-state index contributed by atoms with van der Waals surface area (Å²) >= 11 is 4.97. The molecule has 2 nitrogen and oxygen atoms in total. The molecular weight excluding hydrogens is 606 g/mol. The Balaban J connectivity index is 1.62. The van der Waals surface area contributed by atoms with Crippen molar-refractivity contribution in [2.45, 2.75) is 73.3 Å². The summed E-state index contributed by atoms with van der Waals surface area (Å²) in [6, 6.07) is 0.609. The topological polar surface area (TPSA) is 15.6 Å². The fraction of sp³-hybridized carbons (Fsp3) is 0.667. The second-order valence-electron chi connectivity index (χ2n) is 11.6. The Kier molecular flexibility index (Phi) is 8.73. The highest BCUT2D eigenvalue weighted by Crippen LogP contribution is 2.40. The van der Waals surface area contributed by atoms with Gasteiger partial charge in [-0.2, -0.15) is 0 Å². The number of halogens is 2. The molecule has 0 aromatic heterocycles. The van der Waals surface area contributed by atoms with Crippen LogP contribution in [0.2, 0.25) is 0 Å². The number of aliphatic imine (C=N–C) groups is 1. The van der Waals surface area contributed by atoms with Crippen LogP contribution >= 0.6 is 45.2 Å². The molecule has 3 aliphatic rings. The lowest BCUT2D eigenvalue weighted by molar-refractivity contribution is 0.234.